The van der Waals surface area contributed by atoms with Crippen LogP contribution in [0.25, 0.3) is 0 Å². The van der Waals surface area contributed by atoms with Crippen LogP contribution in [0.2, 0.25) is 5.02 Å². The maximum Gasteiger partial charge on any atom is 0.131 e. The predicted octanol–water partition coefficient (Wildman–Crippen LogP) is 2.10. The number of rotatable bonds is 4. The summed E-state index contributed by atoms with van der Waals surface area (Å²) >= 11 is 5.87. The van der Waals surface area contributed by atoms with E-state index in [1.54, 1.807) is 6.20 Å². The Morgan fingerprint density at radius 2 is 2.00 bits per heavy atom. The number of hydrogen-bond acceptors (Lipinski definition) is 3. The van der Waals surface area contributed by atoms with Gasteiger partial charge in [0.05, 0.1) is 12.7 Å². The highest BCUT2D eigenvalue weighted by atomic mass is 35.5. The molecule has 0 fully saturated rings. The predicted molar refractivity (Wildman–Crippen MR) is 73.4 cm³/mol. The molecule has 2 rings (SSSR count). The summed E-state index contributed by atoms with van der Waals surface area (Å²) in [5, 5.41) is 0.711. The molecule has 96 valence electrons. The molecule has 0 amide bonds. The largest absolute Gasteiger partial charge is 0.320 e. The minimum absolute atomic E-state index is 0.239. The molecule has 18 heavy (non-hydrogen) atoms. The maximum atomic E-state index is 6.24. The summed E-state index contributed by atoms with van der Waals surface area (Å²) in [6, 6.07) is 7.31. The molecule has 0 radical (unpaired) electrons. The highest BCUT2D eigenvalue weighted by Gasteiger charge is 2.14. The minimum Gasteiger partial charge on any atom is -0.320 e. The molecule has 1 aromatic heterocycles. The number of hydrogen-bond donors (Lipinski definition) is 1. The van der Waals surface area contributed by atoms with Crippen molar-refractivity contribution in [3.05, 3.63) is 53.1 Å². The van der Waals surface area contributed by atoms with E-state index in [1.807, 2.05) is 49.1 Å². The first-order valence-electron chi connectivity index (χ1n) is 5.74. The second-order valence-electron chi connectivity index (χ2n) is 4.51. The van der Waals surface area contributed by atoms with E-state index in [0.29, 0.717) is 5.02 Å². The smallest absolute Gasteiger partial charge is 0.131 e. The molecule has 2 aromatic rings. The van der Waals surface area contributed by atoms with E-state index in [4.69, 9.17) is 17.3 Å². The van der Waals surface area contributed by atoms with Crippen LogP contribution in [-0.4, -0.2) is 28.5 Å². The Bertz CT molecular complexity index is 504. The van der Waals surface area contributed by atoms with Crippen molar-refractivity contribution in [2.24, 2.45) is 5.73 Å². The van der Waals surface area contributed by atoms with Gasteiger partial charge in [-0.3, -0.25) is 4.90 Å². The monoisotopic (exact) mass is 264 g/mol. The van der Waals surface area contributed by atoms with Gasteiger partial charge in [0.1, 0.15) is 5.82 Å². The average Bonchev–Trinajstić information content (AvgIpc) is 2.76. The highest BCUT2D eigenvalue weighted by Crippen LogP contribution is 2.20. The maximum absolute atomic E-state index is 6.24. The van der Waals surface area contributed by atoms with Crippen LogP contribution in [0.15, 0.2) is 36.7 Å². The zero-order valence-corrected chi connectivity index (χ0v) is 11.3. The Hall–Kier alpha value is -1.36. The van der Waals surface area contributed by atoms with Gasteiger partial charge in [-0.15, -0.1) is 0 Å². The number of benzene rings is 1. The lowest BCUT2D eigenvalue weighted by Gasteiger charge is -2.17. The Morgan fingerprint density at radius 3 is 2.61 bits per heavy atom. The fourth-order valence-electron chi connectivity index (χ4n) is 1.84. The third kappa shape index (κ3) is 2.90. The van der Waals surface area contributed by atoms with Crippen LogP contribution in [-0.2, 0) is 6.67 Å². The fraction of sp³-hybridized carbons (Fsp3) is 0.308. The van der Waals surface area contributed by atoms with Crippen molar-refractivity contribution >= 4 is 11.6 Å². The van der Waals surface area contributed by atoms with Gasteiger partial charge in [-0.2, -0.15) is 0 Å². The molecule has 0 saturated heterocycles. The molecule has 0 bridgehead atoms. The summed E-state index contributed by atoms with van der Waals surface area (Å²) in [4.78, 5) is 6.42. The SMILES string of the molecule is CN(C)Cn1ccnc1C(N)c1ccc(Cl)cc1. The number of halogens is 1. The lowest BCUT2D eigenvalue weighted by Crippen LogP contribution is -2.23. The Balaban J connectivity index is 2.25. The molecule has 0 aliphatic carbocycles. The summed E-state index contributed by atoms with van der Waals surface area (Å²) in [6.07, 6.45) is 3.71. The van der Waals surface area contributed by atoms with Crippen LogP contribution in [0.3, 0.4) is 0 Å². The average molecular weight is 265 g/mol. The molecule has 0 saturated carbocycles. The number of imidazole rings is 1. The van der Waals surface area contributed by atoms with Crippen LogP contribution >= 0.6 is 11.6 Å². The second-order valence-corrected chi connectivity index (χ2v) is 4.94. The van der Waals surface area contributed by atoms with E-state index in [2.05, 4.69) is 9.88 Å². The zero-order valence-electron chi connectivity index (χ0n) is 10.5. The van der Waals surface area contributed by atoms with Gasteiger partial charge in [-0.05, 0) is 31.8 Å². The van der Waals surface area contributed by atoms with Crippen molar-refractivity contribution in [3.8, 4) is 0 Å². The molecule has 1 aromatic carbocycles. The molecule has 0 aliphatic rings. The van der Waals surface area contributed by atoms with Crippen LogP contribution in [0.5, 0.6) is 0 Å². The lowest BCUT2D eigenvalue weighted by atomic mass is 10.1. The number of nitrogens with two attached hydrogens (primary N) is 1. The van der Waals surface area contributed by atoms with Crippen molar-refractivity contribution in [3.63, 3.8) is 0 Å². The normalized spacial score (nSPS) is 12.9. The van der Waals surface area contributed by atoms with Gasteiger partial charge >= 0.3 is 0 Å². The van der Waals surface area contributed by atoms with Gasteiger partial charge in [0, 0.05) is 17.4 Å². The third-order valence-corrected chi connectivity index (χ3v) is 2.94. The van der Waals surface area contributed by atoms with Crippen LogP contribution in [0, 0.1) is 0 Å². The lowest BCUT2D eigenvalue weighted by molar-refractivity contribution is 0.318. The van der Waals surface area contributed by atoms with E-state index in [-0.39, 0.29) is 6.04 Å². The van der Waals surface area contributed by atoms with Crippen LogP contribution in [0.1, 0.15) is 17.4 Å². The Labute approximate surface area is 112 Å². The van der Waals surface area contributed by atoms with Crippen molar-refractivity contribution < 1.29 is 0 Å². The highest BCUT2D eigenvalue weighted by molar-refractivity contribution is 6.30. The third-order valence-electron chi connectivity index (χ3n) is 2.69. The van der Waals surface area contributed by atoms with Gasteiger partial charge in [-0.1, -0.05) is 23.7 Å². The van der Waals surface area contributed by atoms with E-state index < -0.39 is 0 Å². The van der Waals surface area contributed by atoms with E-state index in [9.17, 15) is 0 Å². The molecule has 5 heteroatoms. The molecule has 0 spiro atoms. The van der Waals surface area contributed by atoms with E-state index in [1.165, 1.54) is 0 Å². The first-order valence-corrected chi connectivity index (χ1v) is 6.12. The number of nitrogens with zero attached hydrogens (tertiary/aromatic N) is 3. The summed E-state index contributed by atoms with van der Waals surface area (Å²) in [6.45, 7) is 0.761. The first kappa shape index (κ1) is 13.1. The minimum atomic E-state index is -0.239. The molecule has 1 atom stereocenters. The van der Waals surface area contributed by atoms with Crippen molar-refractivity contribution in [2.45, 2.75) is 12.7 Å². The van der Waals surface area contributed by atoms with Gasteiger partial charge in [-0.25, -0.2) is 4.98 Å². The molecule has 1 unspecified atom stereocenters. The summed E-state index contributed by atoms with van der Waals surface area (Å²) in [7, 11) is 4.02. The Morgan fingerprint density at radius 1 is 1.33 bits per heavy atom. The van der Waals surface area contributed by atoms with Gasteiger partial charge in [0.15, 0.2) is 0 Å². The topological polar surface area (TPSA) is 47.1 Å². The molecule has 2 N–H and O–H groups in total. The summed E-state index contributed by atoms with van der Waals surface area (Å²) in [5.41, 5.74) is 7.25. The van der Waals surface area contributed by atoms with Crippen LogP contribution < -0.4 is 5.73 Å². The number of aromatic nitrogens is 2. The second kappa shape index (κ2) is 5.52. The quantitative estimate of drug-likeness (QED) is 0.920. The zero-order chi connectivity index (χ0) is 13.1. The van der Waals surface area contributed by atoms with Gasteiger partial charge in [0.25, 0.3) is 0 Å². The van der Waals surface area contributed by atoms with Crippen LogP contribution in [0.4, 0.5) is 0 Å². The van der Waals surface area contributed by atoms with Gasteiger partial charge in [0.2, 0.25) is 0 Å². The molecular weight excluding hydrogens is 248 g/mol. The Kier molecular flexibility index (Phi) is 4.01. The van der Waals surface area contributed by atoms with Gasteiger partial charge < -0.3 is 10.3 Å². The van der Waals surface area contributed by atoms with E-state index in [0.717, 1.165) is 18.1 Å². The summed E-state index contributed by atoms with van der Waals surface area (Å²) < 4.78 is 2.04. The molecule has 1 heterocycles. The molecular formula is C13H17ClN4. The standard InChI is InChI=1S/C13H17ClN4/c1-17(2)9-18-8-7-16-13(18)12(15)10-3-5-11(14)6-4-10/h3-8,12H,9,15H2,1-2H3. The van der Waals surface area contributed by atoms with Crippen molar-refractivity contribution in [1.29, 1.82) is 0 Å². The molecule has 4 nitrogen and oxygen atoms in total. The van der Waals surface area contributed by atoms with Crippen molar-refractivity contribution in [1.82, 2.24) is 14.5 Å². The summed E-state index contributed by atoms with van der Waals surface area (Å²) in [5.74, 6) is 0.853. The first-order chi connectivity index (χ1) is 8.58. The molecule has 0 aliphatic heterocycles. The van der Waals surface area contributed by atoms with E-state index >= 15 is 0 Å². The fourth-order valence-corrected chi connectivity index (χ4v) is 1.97. The van der Waals surface area contributed by atoms with Crippen molar-refractivity contribution in [2.75, 3.05) is 14.1 Å².